The summed E-state index contributed by atoms with van der Waals surface area (Å²) in [6.45, 7) is 2.64. The van der Waals surface area contributed by atoms with Gasteiger partial charge in [-0.2, -0.15) is 5.26 Å². The van der Waals surface area contributed by atoms with Crippen LogP contribution in [0.25, 0.3) is 0 Å². The molecular weight excluding hydrogens is 190 g/mol. The third kappa shape index (κ3) is 2.69. The van der Waals surface area contributed by atoms with Crippen LogP contribution in [0.5, 0.6) is 0 Å². The summed E-state index contributed by atoms with van der Waals surface area (Å²) >= 11 is 0. The van der Waals surface area contributed by atoms with E-state index < -0.39 is 0 Å². The molecule has 0 saturated heterocycles. The molecule has 1 aliphatic rings. The predicted molar refractivity (Wildman–Crippen MR) is 57.7 cm³/mol. The van der Waals surface area contributed by atoms with Crippen LogP contribution in [0.3, 0.4) is 0 Å². The number of nitrogens with one attached hydrogen (secondary N) is 1. The van der Waals surface area contributed by atoms with Gasteiger partial charge in [0.25, 0.3) is 0 Å². The van der Waals surface area contributed by atoms with E-state index in [-0.39, 0.29) is 17.2 Å². The number of hydrogen-bond acceptors (Lipinski definition) is 3. The highest BCUT2D eigenvalue weighted by molar-refractivity contribution is 5.83. The second kappa shape index (κ2) is 5.13. The van der Waals surface area contributed by atoms with Gasteiger partial charge in [-0.3, -0.25) is 4.79 Å². The van der Waals surface area contributed by atoms with Gasteiger partial charge in [-0.15, -0.1) is 0 Å². The molecule has 1 rings (SSSR count). The topological polar surface area (TPSA) is 78.9 Å². The van der Waals surface area contributed by atoms with Crippen LogP contribution < -0.4 is 11.1 Å². The molecule has 1 saturated carbocycles. The molecule has 84 valence electrons. The average Bonchev–Trinajstić information content (AvgIpc) is 2.75. The summed E-state index contributed by atoms with van der Waals surface area (Å²) in [5.41, 5.74) is 5.33. The maximum atomic E-state index is 11.9. The van der Waals surface area contributed by atoms with Crippen LogP contribution in [-0.2, 0) is 4.79 Å². The Morgan fingerprint density at radius 3 is 2.67 bits per heavy atom. The zero-order valence-corrected chi connectivity index (χ0v) is 9.25. The van der Waals surface area contributed by atoms with Gasteiger partial charge in [-0.05, 0) is 19.8 Å². The van der Waals surface area contributed by atoms with E-state index in [0.717, 1.165) is 25.7 Å². The fraction of sp³-hybridized carbons (Fsp3) is 0.818. The molecule has 4 heteroatoms. The molecule has 15 heavy (non-hydrogen) atoms. The first kappa shape index (κ1) is 12.0. The lowest BCUT2D eigenvalue weighted by atomic mass is 9.85. The smallest absolute Gasteiger partial charge is 0.227 e. The molecule has 0 bridgehead atoms. The maximum Gasteiger partial charge on any atom is 0.227 e. The van der Waals surface area contributed by atoms with Crippen molar-refractivity contribution in [2.24, 2.45) is 17.1 Å². The number of carbonyl (C=O) groups is 1. The van der Waals surface area contributed by atoms with Crippen LogP contribution in [0, 0.1) is 22.7 Å². The van der Waals surface area contributed by atoms with Crippen molar-refractivity contribution in [1.29, 1.82) is 5.26 Å². The summed E-state index contributed by atoms with van der Waals surface area (Å²) in [5.74, 6) is -0.102. The SMILES string of the molecule is CC(C#N)CNC(=O)C1(CN)CCCC1. The molecule has 0 aromatic heterocycles. The Bertz CT molecular complexity index is 263. The lowest BCUT2D eigenvalue weighted by Gasteiger charge is -2.25. The van der Waals surface area contributed by atoms with Crippen molar-refractivity contribution in [3.63, 3.8) is 0 Å². The van der Waals surface area contributed by atoms with E-state index in [1.165, 1.54) is 0 Å². The maximum absolute atomic E-state index is 11.9. The Labute approximate surface area is 90.8 Å². The molecule has 0 heterocycles. The van der Waals surface area contributed by atoms with E-state index in [1.807, 2.05) is 0 Å². The summed E-state index contributed by atoms with van der Waals surface area (Å²) in [6.07, 6.45) is 3.93. The van der Waals surface area contributed by atoms with Crippen LogP contribution in [0.4, 0.5) is 0 Å². The number of carbonyl (C=O) groups excluding carboxylic acids is 1. The lowest BCUT2D eigenvalue weighted by Crippen LogP contribution is -2.45. The van der Waals surface area contributed by atoms with Gasteiger partial charge in [0.1, 0.15) is 0 Å². The first-order valence-corrected chi connectivity index (χ1v) is 5.52. The summed E-state index contributed by atoms with van der Waals surface area (Å²) < 4.78 is 0. The summed E-state index contributed by atoms with van der Waals surface area (Å²) in [4.78, 5) is 11.9. The molecule has 0 aliphatic heterocycles. The predicted octanol–water partition coefficient (Wildman–Crippen LogP) is 0.781. The van der Waals surface area contributed by atoms with E-state index in [9.17, 15) is 4.79 Å². The molecule has 1 aliphatic carbocycles. The molecule has 0 spiro atoms. The van der Waals surface area contributed by atoms with Gasteiger partial charge in [0, 0.05) is 13.1 Å². The molecular formula is C11H19N3O. The number of nitrogens with zero attached hydrogens (tertiary/aromatic N) is 1. The van der Waals surface area contributed by atoms with E-state index in [0.29, 0.717) is 13.1 Å². The van der Waals surface area contributed by atoms with Gasteiger partial charge < -0.3 is 11.1 Å². The molecule has 0 radical (unpaired) electrons. The molecule has 1 unspecified atom stereocenters. The normalized spacial score (nSPS) is 20.6. The highest BCUT2D eigenvalue weighted by Gasteiger charge is 2.39. The van der Waals surface area contributed by atoms with Gasteiger partial charge in [-0.25, -0.2) is 0 Å². The van der Waals surface area contributed by atoms with Crippen molar-refractivity contribution >= 4 is 5.91 Å². The van der Waals surface area contributed by atoms with Crippen molar-refractivity contribution in [3.8, 4) is 6.07 Å². The fourth-order valence-electron chi connectivity index (χ4n) is 2.05. The second-order valence-electron chi connectivity index (χ2n) is 4.43. The summed E-state index contributed by atoms with van der Waals surface area (Å²) in [6, 6.07) is 2.10. The fourth-order valence-corrected chi connectivity index (χ4v) is 2.05. The first-order valence-electron chi connectivity index (χ1n) is 5.52. The number of nitriles is 1. The zero-order chi connectivity index (χ0) is 11.3. The van der Waals surface area contributed by atoms with Gasteiger partial charge in [-0.1, -0.05) is 12.8 Å². The minimum absolute atomic E-state index is 0.0320. The average molecular weight is 209 g/mol. The van der Waals surface area contributed by atoms with E-state index in [2.05, 4.69) is 11.4 Å². The molecule has 1 atom stereocenters. The van der Waals surface area contributed by atoms with Gasteiger partial charge in [0.2, 0.25) is 5.91 Å². The molecule has 0 aromatic rings. The third-order valence-electron chi connectivity index (χ3n) is 3.22. The van der Waals surface area contributed by atoms with Crippen molar-refractivity contribution in [1.82, 2.24) is 5.32 Å². The monoisotopic (exact) mass is 209 g/mol. The molecule has 0 aromatic carbocycles. The number of amides is 1. The van der Waals surface area contributed by atoms with Crippen LogP contribution in [-0.4, -0.2) is 19.0 Å². The standard InChI is InChI=1S/C11H19N3O/c1-9(6-12)7-14-10(15)11(8-13)4-2-3-5-11/h9H,2-5,7-8,13H2,1H3,(H,14,15). The molecule has 3 N–H and O–H groups in total. The summed E-state index contributed by atoms with van der Waals surface area (Å²) in [5, 5.41) is 11.4. The number of hydrogen-bond donors (Lipinski definition) is 2. The Balaban J connectivity index is 2.48. The van der Waals surface area contributed by atoms with E-state index in [4.69, 9.17) is 11.0 Å². The van der Waals surface area contributed by atoms with Gasteiger partial charge in [0.05, 0.1) is 17.4 Å². The Hall–Kier alpha value is -1.08. The van der Waals surface area contributed by atoms with Crippen LogP contribution in [0.15, 0.2) is 0 Å². The Morgan fingerprint density at radius 1 is 1.60 bits per heavy atom. The van der Waals surface area contributed by atoms with Crippen LogP contribution >= 0.6 is 0 Å². The van der Waals surface area contributed by atoms with Crippen molar-refractivity contribution < 1.29 is 4.79 Å². The highest BCUT2D eigenvalue weighted by atomic mass is 16.2. The number of rotatable bonds is 4. The lowest BCUT2D eigenvalue weighted by molar-refractivity contribution is -0.130. The number of nitrogens with two attached hydrogens (primary N) is 1. The Kier molecular flexibility index (Phi) is 4.10. The largest absolute Gasteiger partial charge is 0.354 e. The van der Waals surface area contributed by atoms with Gasteiger partial charge >= 0.3 is 0 Å². The molecule has 1 fully saturated rings. The second-order valence-corrected chi connectivity index (χ2v) is 4.43. The van der Waals surface area contributed by atoms with Crippen LogP contribution in [0.1, 0.15) is 32.6 Å². The Morgan fingerprint density at radius 2 is 2.20 bits per heavy atom. The van der Waals surface area contributed by atoms with E-state index >= 15 is 0 Å². The van der Waals surface area contributed by atoms with Crippen LogP contribution in [0.2, 0.25) is 0 Å². The zero-order valence-electron chi connectivity index (χ0n) is 9.25. The minimum atomic E-state index is -0.352. The summed E-state index contributed by atoms with van der Waals surface area (Å²) in [7, 11) is 0. The van der Waals surface area contributed by atoms with E-state index in [1.54, 1.807) is 6.92 Å². The highest BCUT2D eigenvalue weighted by Crippen LogP contribution is 2.37. The van der Waals surface area contributed by atoms with Gasteiger partial charge in [0.15, 0.2) is 0 Å². The quantitative estimate of drug-likeness (QED) is 0.718. The molecule has 4 nitrogen and oxygen atoms in total. The van der Waals surface area contributed by atoms with Crippen molar-refractivity contribution in [2.75, 3.05) is 13.1 Å². The molecule has 1 amide bonds. The van der Waals surface area contributed by atoms with Crippen molar-refractivity contribution in [2.45, 2.75) is 32.6 Å². The van der Waals surface area contributed by atoms with Crippen molar-refractivity contribution in [3.05, 3.63) is 0 Å². The minimum Gasteiger partial charge on any atom is -0.354 e. The third-order valence-corrected chi connectivity index (χ3v) is 3.22. The first-order chi connectivity index (χ1) is 7.14.